The number of fused-ring (bicyclic) bond motifs is 4. The number of benzene rings is 3. The SMILES string of the molecule is O=C(O)C[C@@H]1Cc2ccccc2CN1C(=O)OCC1c2ccccc2-c2ccccc21. The maximum absolute atomic E-state index is 13.1. The number of ether oxygens (including phenoxy) is 1. The van der Waals surface area contributed by atoms with Crippen molar-refractivity contribution in [3.05, 3.63) is 95.1 Å². The highest BCUT2D eigenvalue weighted by Crippen LogP contribution is 2.44. The van der Waals surface area contributed by atoms with Crippen LogP contribution in [0, 0.1) is 0 Å². The number of nitrogens with zero attached hydrogens (tertiary/aromatic N) is 1. The molecule has 0 aromatic heterocycles. The monoisotopic (exact) mass is 413 g/mol. The van der Waals surface area contributed by atoms with E-state index in [-0.39, 0.29) is 18.9 Å². The Kier molecular flexibility index (Phi) is 4.94. The molecule has 0 spiro atoms. The van der Waals surface area contributed by atoms with Gasteiger partial charge in [0.15, 0.2) is 0 Å². The smallest absolute Gasteiger partial charge is 0.410 e. The van der Waals surface area contributed by atoms with Crippen molar-refractivity contribution in [2.75, 3.05) is 6.61 Å². The highest BCUT2D eigenvalue weighted by Gasteiger charge is 2.34. The second kappa shape index (κ2) is 7.91. The minimum absolute atomic E-state index is 0.0219. The van der Waals surface area contributed by atoms with E-state index in [0.29, 0.717) is 13.0 Å². The molecule has 0 radical (unpaired) electrons. The van der Waals surface area contributed by atoms with Crippen LogP contribution in [0.25, 0.3) is 11.1 Å². The minimum atomic E-state index is -0.916. The van der Waals surface area contributed by atoms with Gasteiger partial charge in [-0.05, 0) is 39.8 Å². The molecular weight excluding hydrogens is 390 g/mol. The summed E-state index contributed by atoms with van der Waals surface area (Å²) in [5.41, 5.74) is 6.80. The van der Waals surface area contributed by atoms with Crippen LogP contribution >= 0.6 is 0 Å². The average Bonchev–Trinajstić information content (AvgIpc) is 3.10. The second-order valence-electron chi connectivity index (χ2n) is 8.16. The normalized spacial score (nSPS) is 16.9. The van der Waals surface area contributed by atoms with Gasteiger partial charge in [0.2, 0.25) is 0 Å². The molecule has 3 aromatic rings. The summed E-state index contributed by atoms with van der Waals surface area (Å²) in [5.74, 6) is -0.938. The summed E-state index contributed by atoms with van der Waals surface area (Å²) in [4.78, 5) is 26.1. The number of hydrogen-bond acceptors (Lipinski definition) is 3. The van der Waals surface area contributed by atoms with Gasteiger partial charge in [0.25, 0.3) is 0 Å². The van der Waals surface area contributed by atoms with Crippen molar-refractivity contribution < 1.29 is 19.4 Å². The van der Waals surface area contributed by atoms with E-state index in [0.717, 1.165) is 22.3 Å². The molecule has 1 amide bonds. The van der Waals surface area contributed by atoms with Crippen LogP contribution in [0.1, 0.15) is 34.6 Å². The van der Waals surface area contributed by atoms with E-state index in [1.165, 1.54) is 11.1 Å². The fraction of sp³-hybridized carbons (Fsp3) is 0.231. The highest BCUT2D eigenvalue weighted by molar-refractivity contribution is 5.79. The molecule has 0 saturated heterocycles. The first-order chi connectivity index (χ1) is 15.1. The van der Waals surface area contributed by atoms with Crippen molar-refractivity contribution in [1.29, 1.82) is 0 Å². The van der Waals surface area contributed by atoms with Gasteiger partial charge < -0.3 is 9.84 Å². The molecule has 0 unspecified atom stereocenters. The summed E-state index contributed by atoms with van der Waals surface area (Å²) in [6.45, 7) is 0.593. The van der Waals surface area contributed by atoms with Crippen molar-refractivity contribution in [3.63, 3.8) is 0 Å². The molecule has 0 fully saturated rings. The Bertz CT molecular complexity index is 1110. The van der Waals surface area contributed by atoms with Gasteiger partial charge in [0.1, 0.15) is 6.61 Å². The van der Waals surface area contributed by atoms with Crippen LogP contribution in [0.5, 0.6) is 0 Å². The highest BCUT2D eigenvalue weighted by atomic mass is 16.6. The zero-order chi connectivity index (χ0) is 21.4. The van der Waals surface area contributed by atoms with Gasteiger partial charge in [0, 0.05) is 18.5 Å². The van der Waals surface area contributed by atoms with Gasteiger partial charge in [0.05, 0.1) is 6.42 Å². The first-order valence-corrected chi connectivity index (χ1v) is 10.5. The molecule has 1 aliphatic heterocycles. The predicted molar refractivity (Wildman–Crippen MR) is 117 cm³/mol. The number of carbonyl (C=O) groups is 2. The number of carboxylic acid groups (broad SMARTS) is 1. The molecule has 5 rings (SSSR count). The van der Waals surface area contributed by atoms with Crippen LogP contribution in [0.4, 0.5) is 4.79 Å². The molecule has 2 aliphatic rings. The lowest BCUT2D eigenvalue weighted by Gasteiger charge is -2.35. The number of carbonyl (C=O) groups excluding carboxylic acids is 1. The Morgan fingerprint density at radius 3 is 2.10 bits per heavy atom. The fourth-order valence-corrected chi connectivity index (χ4v) is 4.86. The predicted octanol–water partition coefficient (Wildman–Crippen LogP) is 4.84. The molecule has 3 aromatic carbocycles. The minimum Gasteiger partial charge on any atom is -0.481 e. The summed E-state index contributed by atoms with van der Waals surface area (Å²) in [6.07, 6.45) is -0.0341. The summed E-state index contributed by atoms with van der Waals surface area (Å²) in [5, 5.41) is 9.36. The van der Waals surface area contributed by atoms with Crippen LogP contribution in [-0.2, 0) is 22.5 Å². The molecule has 1 aliphatic carbocycles. The number of amides is 1. The van der Waals surface area contributed by atoms with Crippen molar-refractivity contribution in [2.24, 2.45) is 0 Å². The Labute approximate surface area is 180 Å². The largest absolute Gasteiger partial charge is 0.481 e. The van der Waals surface area contributed by atoms with Crippen LogP contribution in [0.2, 0.25) is 0 Å². The van der Waals surface area contributed by atoms with Gasteiger partial charge in [-0.25, -0.2) is 4.79 Å². The van der Waals surface area contributed by atoms with Crippen molar-refractivity contribution in [3.8, 4) is 11.1 Å². The number of hydrogen-bond donors (Lipinski definition) is 1. The topological polar surface area (TPSA) is 66.8 Å². The van der Waals surface area contributed by atoms with Crippen LogP contribution in [0.15, 0.2) is 72.8 Å². The first-order valence-electron chi connectivity index (χ1n) is 10.5. The van der Waals surface area contributed by atoms with E-state index in [9.17, 15) is 14.7 Å². The fourth-order valence-electron chi connectivity index (χ4n) is 4.86. The Morgan fingerprint density at radius 2 is 1.45 bits per heavy atom. The lowest BCUT2D eigenvalue weighted by atomic mass is 9.92. The maximum Gasteiger partial charge on any atom is 0.410 e. The Morgan fingerprint density at radius 1 is 0.871 bits per heavy atom. The van der Waals surface area contributed by atoms with E-state index in [2.05, 4.69) is 24.3 Å². The third-order valence-electron chi connectivity index (χ3n) is 6.34. The van der Waals surface area contributed by atoms with E-state index in [1.807, 2.05) is 48.5 Å². The average molecular weight is 413 g/mol. The van der Waals surface area contributed by atoms with Gasteiger partial charge in [-0.1, -0.05) is 72.8 Å². The van der Waals surface area contributed by atoms with E-state index < -0.39 is 18.1 Å². The molecule has 5 heteroatoms. The Hall–Kier alpha value is -3.60. The third-order valence-corrected chi connectivity index (χ3v) is 6.34. The first kappa shape index (κ1) is 19.4. The molecule has 31 heavy (non-hydrogen) atoms. The van der Waals surface area contributed by atoms with Gasteiger partial charge in [-0.2, -0.15) is 0 Å². The molecule has 1 heterocycles. The quantitative estimate of drug-likeness (QED) is 0.665. The molecular formula is C26H23NO4. The van der Waals surface area contributed by atoms with Gasteiger partial charge in [-0.3, -0.25) is 9.69 Å². The molecule has 0 saturated carbocycles. The lowest BCUT2D eigenvalue weighted by Crippen LogP contribution is -2.45. The standard InChI is InChI=1S/C26H23NO4/c28-25(29)14-19-13-17-7-1-2-8-18(17)15-27(19)26(30)31-16-24-22-11-5-3-9-20(22)21-10-4-6-12-23(21)24/h1-12,19,24H,13-16H2,(H,28,29)/t19-/m0/s1. The zero-order valence-electron chi connectivity index (χ0n) is 17.0. The number of rotatable bonds is 4. The maximum atomic E-state index is 13.1. The zero-order valence-corrected chi connectivity index (χ0v) is 17.0. The van der Waals surface area contributed by atoms with E-state index in [1.54, 1.807) is 4.90 Å². The number of aliphatic carboxylic acids is 1. The van der Waals surface area contributed by atoms with Crippen molar-refractivity contribution >= 4 is 12.1 Å². The van der Waals surface area contributed by atoms with Crippen LogP contribution < -0.4 is 0 Å². The summed E-state index contributed by atoms with van der Waals surface area (Å²) < 4.78 is 5.80. The van der Waals surface area contributed by atoms with E-state index in [4.69, 9.17) is 4.74 Å². The van der Waals surface area contributed by atoms with Crippen molar-refractivity contribution in [1.82, 2.24) is 4.90 Å². The van der Waals surface area contributed by atoms with E-state index >= 15 is 0 Å². The second-order valence-corrected chi connectivity index (χ2v) is 8.16. The third kappa shape index (κ3) is 3.56. The van der Waals surface area contributed by atoms with Crippen molar-refractivity contribution in [2.45, 2.75) is 31.3 Å². The van der Waals surface area contributed by atoms with Crippen LogP contribution in [-0.4, -0.2) is 34.7 Å². The summed E-state index contributed by atoms with van der Waals surface area (Å²) in [7, 11) is 0. The summed E-state index contributed by atoms with van der Waals surface area (Å²) in [6, 6.07) is 23.9. The van der Waals surface area contributed by atoms with Crippen LogP contribution in [0.3, 0.4) is 0 Å². The molecule has 5 nitrogen and oxygen atoms in total. The molecule has 1 atom stereocenters. The molecule has 156 valence electrons. The Balaban J connectivity index is 1.37. The molecule has 0 bridgehead atoms. The van der Waals surface area contributed by atoms with Gasteiger partial charge >= 0.3 is 12.1 Å². The van der Waals surface area contributed by atoms with Gasteiger partial charge in [-0.15, -0.1) is 0 Å². The number of carboxylic acids is 1. The lowest BCUT2D eigenvalue weighted by molar-refractivity contribution is -0.138. The molecule has 1 N–H and O–H groups in total. The summed E-state index contributed by atoms with van der Waals surface area (Å²) >= 11 is 0.